The van der Waals surface area contributed by atoms with Crippen molar-refractivity contribution < 1.29 is 4.79 Å². The Kier molecular flexibility index (Phi) is 2.97. The van der Waals surface area contributed by atoms with Crippen molar-refractivity contribution in [2.45, 2.75) is 13.0 Å². The summed E-state index contributed by atoms with van der Waals surface area (Å²) < 4.78 is 0. The van der Waals surface area contributed by atoms with E-state index in [0.29, 0.717) is 23.8 Å². The molecule has 0 fully saturated rings. The summed E-state index contributed by atoms with van der Waals surface area (Å²) >= 11 is 7.77. The van der Waals surface area contributed by atoms with Crippen molar-refractivity contribution in [3.05, 3.63) is 51.1 Å². The van der Waals surface area contributed by atoms with Crippen LogP contribution in [-0.2, 0) is 13.0 Å². The molecule has 0 radical (unpaired) electrons. The van der Waals surface area contributed by atoms with Crippen LogP contribution in [0, 0.1) is 0 Å². The fourth-order valence-corrected chi connectivity index (χ4v) is 3.75. The second kappa shape index (κ2) is 4.86. The minimum atomic E-state index is 0.0151. The molecule has 21 heavy (non-hydrogen) atoms. The monoisotopic (exact) mass is 317 g/mol. The lowest BCUT2D eigenvalue weighted by Gasteiger charge is -2.25. The van der Waals surface area contributed by atoms with Crippen LogP contribution in [0.2, 0.25) is 5.02 Å². The number of amides is 1. The standard InChI is InChI=1S/C15H12ClN3OS/c16-10-2-1-3-11-9(10)6-13(18-11)15(20)19-5-4-12-14(7-19)21-8-17-12/h1-3,6,8,18H,4-5,7H2. The number of thiazole rings is 1. The zero-order chi connectivity index (χ0) is 14.4. The Bertz CT molecular complexity index is 838. The van der Waals surface area contributed by atoms with Crippen molar-refractivity contribution in [3.8, 4) is 0 Å². The Morgan fingerprint density at radius 2 is 2.33 bits per heavy atom. The van der Waals surface area contributed by atoms with Gasteiger partial charge in [0.2, 0.25) is 0 Å². The zero-order valence-corrected chi connectivity index (χ0v) is 12.7. The van der Waals surface area contributed by atoms with Gasteiger partial charge in [0.25, 0.3) is 5.91 Å². The molecule has 0 bridgehead atoms. The topological polar surface area (TPSA) is 49.0 Å². The summed E-state index contributed by atoms with van der Waals surface area (Å²) in [6.07, 6.45) is 0.825. The van der Waals surface area contributed by atoms with Gasteiger partial charge in [-0.3, -0.25) is 4.79 Å². The first-order valence-electron chi connectivity index (χ1n) is 6.70. The largest absolute Gasteiger partial charge is 0.350 e. The molecule has 3 heterocycles. The van der Waals surface area contributed by atoms with Gasteiger partial charge in [-0.2, -0.15) is 0 Å². The number of hydrogen-bond donors (Lipinski definition) is 1. The molecule has 106 valence electrons. The quantitative estimate of drug-likeness (QED) is 0.747. The zero-order valence-electron chi connectivity index (χ0n) is 11.1. The number of carbonyl (C=O) groups is 1. The number of aromatic nitrogens is 2. The minimum Gasteiger partial charge on any atom is -0.350 e. The van der Waals surface area contributed by atoms with Crippen molar-refractivity contribution in [2.75, 3.05) is 6.54 Å². The predicted octanol–water partition coefficient (Wildman–Crippen LogP) is 3.48. The maximum absolute atomic E-state index is 12.6. The molecule has 1 aliphatic heterocycles. The van der Waals surface area contributed by atoms with E-state index in [1.807, 2.05) is 34.7 Å². The van der Waals surface area contributed by atoms with Crippen molar-refractivity contribution in [1.29, 1.82) is 0 Å². The van der Waals surface area contributed by atoms with Crippen LogP contribution in [0.3, 0.4) is 0 Å². The van der Waals surface area contributed by atoms with Gasteiger partial charge in [-0.05, 0) is 18.2 Å². The summed E-state index contributed by atoms with van der Waals surface area (Å²) in [5.41, 5.74) is 4.46. The molecule has 4 nitrogen and oxygen atoms in total. The number of hydrogen-bond acceptors (Lipinski definition) is 3. The molecule has 0 unspecified atom stereocenters. The number of rotatable bonds is 1. The highest BCUT2D eigenvalue weighted by molar-refractivity contribution is 7.09. The van der Waals surface area contributed by atoms with Gasteiger partial charge in [0.15, 0.2) is 0 Å². The molecule has 3 aromatic rings. The second-order valence-corrected chi connectivity index (χ2v) is 6.43. The number of nitrogens with zero attached hydrogens (tertiary/aromatic N) is 2. The van der Waals surface area contributed by atoms with E-state index in [1.165, 1.54) is 4.88 Å². The van der Waals surface area contributed by atoms with E-state index in [1.54, 1.807) is 11.3 Å². The maximum Gasteiger partial charge on any atom is 0.270 e. The number of benzene rings is 1. The molecule has 2 aromatic heterocycles. The summed E-state index contributed by atoms with van der Waals surface area (Å²) in [4.78, 5) is 23.2. The molecule has 0 aliphatic carbocycles. The molecule has 6 heteroatoms. The average Bonchev–Trinajstić information content (AvgIpc) is 3.12. The van der Waals surface area contributed by atoms with Crippen LogP contribution in [-0.4, -0.2) is 27.3 Å². The fourth-order valence-electron chi connectivity index (χ4n) is 2.70. The van der Waals surface area contributed by atoms with Gasteiger partial charge < -0.3 is 9.88 Å². The van der Waals surface area contributed by atoms with Crippen molar-refractivity contribution in [2.24, 2.45) is 0 Å². The SMILES string of the molecule is O=C(c1cc2c(Cl)cccc2[nH]1)N1CCc2ncsc2C1. The maximum atomic E-state index is 12.6. The van der Waals surface area contributed by atoms with E-state index in [2.05, 4.69) is 9.97 Å². The van der Waals surface area contributed by atoms with E-state index >= 15 is 0 Å². The van der Waals surface area contributed by atoms with Crippen LogP contribution in [0.1, 0.15) is 21.1 Å². The molecule has 1 amide bonds. The average molecular weight is 318 g/mol. The van der Waals surface area contributed by atoms with Crippen molar-refractivity contribution in [1.82, 2.24) is 14.9 Å². The Balaban J connectivity index is 1.66. The number of fused-ring (bicyclic) bond motifs is 2. The number of aromatic amines is 1. The molecule has 0 spiro atoms. The molecule has 0 atom stereocenters. The summed E-state index contributed by atoms with van der Waals surface area (Å²) in [5.74, 6) is 0.0151. The normalized spacial score (nSPS) is 14.4. The molecule has 0 saturated heterocycles. The van der Waals surface area contributed by atoms with Crippen molar-refractivity contribution >= 4 is 39.7 Å². The summed E-state index contributed by atoms with van der Waals surface area (Å²) in [6.45, 7) is 1.35. The van der Waals surface area contributed by atoms with Crippen LogP contribution >= 0.6 is 22.9 Å². The summed E-state index contributed by atoms with van der Waals surface area (Å²) in [7, 11) is 0. The number of carbonyl (C=O) groups excluding carboxylic acids is 1. The molecule has 1 aromatic carbocycles. The highest BCUT2D eigenvalue weighted by atomic mass is 35.5. The molecule has 1 N–H and O–H groups in total. The van der Waals surface area contributed by atoms with Gasteiger partial charge in [-0.1, -0.05) is 17.7 Å². The van der Waals surface area contributed by atoms with Crippen LogP contribution in [0.15, 0.2) is 29.8 Å². The third kappa shape index (κ3) is 2.13. The van der Waals surface area contributed by atoms with Gasteiger partial charge >= 0.3 is 0 Å². The highest BCUT2D eigenvalue weighted by Crippen LogP contribution is 2.26. The Labute approximate surface area is 130 Å². The molecular weight excluding hydrogens is 306 g/mol. The summed E-state index contributed by atoms with van der Waals surface area (Å²) in [5, 5.41) is 1.55. The first-order valence-corrected chi connectivity index (χ1v) is 7.96. The second-order valence-electron chi connectivity index (χ2n) is 5.08. The van der Waals surface area contributed by atoms with Gasteiger partial charge in [0, 0.05) is 33.8 Å². The summed E-state index contributed by atoms with van der Waals surface area (Å²) in [6, 6.07) is 7.47. The van der Waals surface area contributed by atoms with E-state index < -0.39 is 0 Å². The smallest absolute Gasteiger partial charge is 0.270 e. The van der Waals surface area contributed by atoms with E-state index in [0.717, 1.165) is 23.0 Å². The first kappa shape index (κ1) is 12.9. The first-order chi connectivity index (χ1) is 10.2. The Morgan fingerprint density at radius 1 is 1.43 bits per heavy atom. The van der Waals surface area contributed by atoms with Gasteiger partial charge in [0.1, 0.15) is 5.69 Å². The van der Waals surface area contributed by atoms with Crippen LogP contribution < -0.4 is 0 Å². The van der Waals surface area contributed by atoms with E-state index in [4.69, 9.17) is 11.6 Å². The van der Waals surface area contributed by atoms with E-state index in [9.17, 15) is 4.79 Å². The predicted molar refractivity (Wildman–Crippen MR) is 83.9 cm³/mol. The van der Waals surface area contributed by atoms with Gasteiger partial charge in [-0.25, -0.2) is 4.98 Å². The molecule has 0 saturated carbocycles. The van der Waals surface area contributed by atoms with Gasteiger partial charge in [-0.15, -0.1) is 11.3 Å². The van der Waals surface area contributed by atoms with Crippen molar-refractivity contribution in [3.63, 3.8) is 0 Å². The van der Waals surface area contributed by atoms with E-state index in [-0.39, 0.29) is 5.91 Å². The lowest BCUT2D eigenvalue weighted by atomic mass is 10.1. The number of H-pyrrole nitrogens is 1. The third-order valence-corrected chi connectivity index (χ3v) is 5.00. The molecule has 4 rings (SSSR count). The number of halogens is 1. The minimum absolute atomic E-state index is 0.0151. The van der Waals surface area contributed by atoms with Crippen LogP contribution in [0.4, 0.5) is 0 Å². The third-order valence-electron chi connectivity index (χ3n) is 3.81. The molecule has 1 aliphatic rings. The Hall–Kier alpha value is -1.85. The van der Waals surface area contributed by atoms with Crippen LogP contribution in [0.5, 0.6) is 0 Å². The lowest BCUT2D eigenvalue weighted by Crippen LogP contribution is -2.35. The molecular formula is C15H12ClN3OS. The van der Waals surface area contributed by atoms with Crippen LogP contribution in [0.25, 0.3) is 10.9 Å². The number of nitrogens with one attached hydrogen (secondary N) is 1. The van der Waals surface area contributed by atoms with Gasteiger partial charge in [0.05, 0.1) is 17.7 Å². The Morgan fingerprint density at radius 3 is 3.19 bits per heavy atom. The fraction of sp³-hybridized carbons (Fsp3) is 0.200. The highest BCUT2D eigenvalue weighted by Gasteiger charge is 2.24. The lowest BCUT2D eigenvalue weighted by molar-refractivity contribution is 0.0731.